The summed E-state index contributed by atoms with van der Waals surface area (Å²) in [6, 6.07) is 12.1. The lowest BCUT2D eigenvalue weighted by molar-refractivity contribution is 0.831. The predicted molar refractivity (Wildman–Crippen MR) is 112 cm³/mol. The number of halogens is 1. The maximum atomic E-state index is 6.16. The van der Waals surface area contributed by atoms with Gasteiger partial charge in [-0.05, 0) is 49.6 Å². The second-order valence-electron chi connectivity index (χ2n) is 7.20. The van der Waals surface area contributed by atoms with Crippen molar-refractivity contribution in [2.75, 3.05) is 37.0 Å². The SMILES string of the molecule is CN(C)c1nc(CCc2cccc(N3CCCC3)n2)nc2ccc(Cl)cc12. The fourth-order valence-electron chi connectivity index (χ4n) is 3.55. The number of pyridine rings is 1. The van der Waals surface area contributed by atoms with Crippen LogP contribution in [0.4, 0.5) is 11.6 Å². The van der Waals surface area contributed by atoms with E-state index in [4.69, 9.17) is 26.6 Å². The molecule has 0 saturated carbocycles. The largest absolute Gasteiger partial charge is 0.362 e. The summed E-state index contributed by atoms with van der Waals surface area (Å²) < 4.78 is 0. The fraction of sp³-hybridized carbons (Fsp3) is 0.381. The molecule has 4 rings (SSSR count). The Labute approximate surface area is 165 Å². The molecule has 3 aromatic rings. The van der Waals surface area contributed by atoms with Crippen molar-refractivity contribution in [2.24, 2.45) is 0 Å². The molecular formula is C21H24ClN5. The van der Waals surface area contributed by atoms with Gasteiger partial charge in [0.2, 0.25) is 0 Å². The van der Waals surface area contributed by atoms with Gasteiger partial charge in [0.25, 0.3) is 0 Å². The number of hydrogen-bond acceptors (Lipinski definition) is 5. The lowest BCUT2D eigenvalue weighted by atomic mass is 10.2. The van der Waals surface area contributed by atoms with Crippen molar-refractivity contribution in [3.8, 4) is 0 Å². The average molecular weight is 382 g/mol. The number of aromatic nitrogens is 3. The summed E-state index contributed by atoms with van der Waals surface area (Å²) in [5.74, 6) is 2.83. The van der Waals surface area contributed by atoms with Crippen LogP contribution in [-0.2, 0) is 12.8 Å². The third-order valence-electron chi connectivity index (χ3n) is 4.93. The van der Waals surface area contributed by atoms with Crippen molar-refractivity contribution in [3.63, 3.8) is 0 Å². The minimum Gasteiger partial charge on any atom is -0.362 e. The van der Waals surface area contributed by atoms with Crippen molar-refractivity contribution in [1.29, 1.82) is 0 Å². The van der Waals surface area contributed by atoms with Gasteiger partial charge in [-0.15, -0.1) is 0 Å². The number of aryl methyl sites for hydroxylation is 2. The number of nitrogens with zero attached hydrogens (tertiary/aromatic N) is 5. The summed E-state index contributed by atoms with van der Waals surface area (Å²) in [5.41, 5.74) is 2.01. The Balaban J connectivity index is 1.57. The molecule has 1 aromatic carbocycles. The van der Waals surface area contributed by atoms with Gasteiger partial charge in [0.15, 0.2) is 0 Å². The lowest BCUT2D eigenvalue weighted by Crippen LogP contribution is -2.19. The molecule has 0 spiro atoms. The first kappa shape index (κ1) is 18.0. The smallest absolute Gasteiger partial charge is 0.139 e. The molecule has 0 atom stereocenters. The van der Waals surface area contributed by atoms with Crippen LogP contribution in [0.15, 0.2) is 36.4 Å². The summed E-state index contributed by atoms with van der Waals surface area (Å²) in [5, 5.41) is 1.68. The molecular weight excluding hydrogens is 358 g/mol. The van der Waals surface area contributed by atoms with E-state index >= 15 is 0 Å². The number of hydrogen-bond donors (Lipinski definition) is 0. The average Bonchev–Trinajstić information content (AvgIpc) is 3.21. The second kappa shape index (κ2) is 7.69. The van der Waals surface area contributed by atoms with E-state index in [1.807, 2.05) is 37.2 Å². The second-order valence-corrected chi connectivity index (χ2v) is 7.64. The summed E-state index contributed by atoms with van der Waals surface area (Å²) in [6.07, 6.45) is 4.10. The Morgan fingerprint density at radius 3 is 2.59 bits per heavy atom. The lowest BCUT2D eigenvalue weighted by Gasteiger charge is -2.17. The number of fused-ring (bicyclic) bond motifs is 1. The van der Waals surface area contributed by atoms with Gasteiger partial charge in [-0.3, -0.25) is 0 Å². The van der Waals surface area contributed by atoms with Gasteiger partial charge >= 0.3 is 0 Å². The molecule has 1 saturated heterocycles. The highest BCUT2D eigenvalue weighted by Crippen LogP contribution is 2.26. The summed E-state index contributed by atoms with van der Waals surface area (Å²) in [6.45, 7) is 2.22. The standard InChI is InChI=1S/C21H24ClN5/c1-26(2)21-17-14-15(22)8-10-18(17)24-19(25-21)11-9-16-6-5-7-20(23-16)27-12-3-4-13-27/h5-8,10,14H,3-4,9,11-13H2,1-2H3. The molecule has 1 aliphatic heterocycles. The van der Waals surface area contributed by atoms with E-state index in [1.54, 1.807) is 0 Å². The van der Waals surface area contributed by atoms with Crippen molar-refractivity contribution in [3.05, 3.63) is 52.9 Å². The topological polar surface area (TPSA) is 45.2 Å². The van der Waals surface area contributed by atoms with Crippen LogP contribution in [0.25, 0.3) is 10.9 Å². The highest BCUT2D eigenvalue weighted by Gasteiger charge is 2.14. The van der Waals surface area contributed by atoms with Crippen molar-refractivity contribution < 1.29 is 0 Å². The Hall–Kier alpha value is -2.40. The van der Waals surface area contributed by atoms with E-state index in [0.717, 1.165) is 60.0 Å². The zero-order chi connectivity index (χ0) is 18.8. The molecule has 0 bridgehead atoms. The van der Waals surface area contributed by atoms with Crippen LogP contribution in [0, 0.1) is 0 Å². The van der Waals surface area contributed by atoms with Gasteiger partial charge in [0.1, 0.15) is 17.5 Å². The molecule has 0 unspecified atom stereocenters. The van der Waals surface area contributed by atoms with Gasteiger partial charge in [0.05, 0.1) is 5.52 Å². The maximum Gasteiger partial charge on any atom is 0.139 e. The van der Waals surface area contributed by atoms with Crippen molar-refractivity contribution in [2.45, 2.75) is 25.7 Å². The molecule has 3 heterocycles. The number of anilines is 2. The first-order valence-corrected chi connectivity index (χ1v) is 9.82. The number of rotatable bonds is 5. The first-order valence-electron chi connectivity index (χ1n) is 9.44. The fourth-order valence-corrected chi connectivity index (χ4v) is 3.72. The quantitative estimate of drug-likeness (QED) is 0.664. The van der Waals surface area contributed by atoms with Gasteiger partial charge in [0, 0.05) is 49.7 Å². The first-order chi connectivity index (χ1) is 13.1. The van der Waals surface area contributed by atoms with Crippen LogP contribution in [-0.4, -0.2) is 42.1 Å². The van der Waals surface area contributed by atoms with Crippen LogP contribution >= 0.6 is 11.6 Å². The molecule has 6 heteroatoms. The minimum atomic E-state index is 0.699. The molecule has 0 amide bonds. The Morgan fingerprint density at radius 1 is 1.00 bits per heavy atom. The van der Waals surface area contributed by atoms with Crippen LogP contribution in [0.1, 0.15) is 24.4 Å². The molecule has 0 aliphatic carbocycles. The predicted octanol–water partition coefficient (Wildman–Crippen LogP) is 4.13. The van der Waals surface area contributed by atoms with Crippen LogP contribution < -0.4 is 9.80 Å². The van der Waals surface area contributed by atoms with E-state index in [1.165, 1.54) is 12.8 Å². The number of benzene rings is 1. The Morgan fingerprint density at radius 2 is 1.81 bits per heavy atom. The Bertz CT molecular complexity index is 950. The Kier molecular flexibility index (Phi) is 5.12. The maximum absolute atomic E-state index is 6.16. The van der Waals surface area contributed by atoms with E-state index < -0.39 is 0 Å². The summed E-state index contributed by atoms with van der Waals surface area (Å²) in [4.78, 5) is 18.7. The molecule has 5 nitrogen and oxygen atoms in total. The minimum absolute atomic E-state index is 0.699. The van der Waals surface area contributed by atoms with Gasteiger partial charge < -0.3 is 9.80 Å². The third-order valence-corrected chi connectivity index (χ3v) is 5.17. The summed E-state index contributed by atoms with van der Waals surface area (Å²) in [7, 11) is 3.99. The molecule has 0 radical (unpaired) electrons. The van der Waals surface area contributed by atoms with Gasteiger partial charge in [-0.2, -0.15) is 0 Å². The molecule has 0 N–H and O–H groups in total. The van der Waals surface area contributed by atoms with Crippen LogP contribution in [0.2, 0.25) is 5.02 Å². The van der Waals surface area contributed by atoms with Gasteiger partial charge in [-0.1, -0.05) is 17.7 Å². The summed E-state index contributed by atoms with van der Waals surface area (Å²) >= 11 is 6.16. The molecule has 2 aromatic heterocycles. The van der Waals surface area contributed by atoms with E-state index in [0.29, 0.717) is 5.02 Å². The van der Waals surface area contributed by atoms with Crippen LogP contribution in [0.5, 0.6) is 0 Å². The third kappa shape index (κ3) is 3.98. The molecule has 140 valence electrons. The zero-order valence-electron chi connectivity index (χ0n) is 15.8. The highest BCUT2D eigenvalue weighted by molar-refractivity contribution is 6.31. The molecule has 27 heavy (non-hydrogen) atoms. The van der Waals surface area contributed by atoms with E-state index in [-0.39, 0.29) is 0 Å². The van der Waals surface area contributed by atoms with E-state index in [2.05, 4.69) is 23.1 Å². The monoisotopic (exact) mass is 381 g/mol. The van der Waals surface area contributed by atoms with Gasteiger partial charge in [-0.25, -0.2) is 15.0 Å². The van der Waals surface area contributed by atoms with E-state index in [9.17, 15) is 0 Å². The van der Waals surface area contributed by atoms with Crippen molar-refractivity contribution in [1.82, 2.24) is 15.0 Å². The van der Waals surface area contributed by atoms with Crippen LogP contribution in [0.3, 0.4) is 0 Å². The molecule has 1 fully saturated rings. The zero-order valence-corrected chi connectivity index (χ0v) is 16.6. The molecule has 1 aliphatic rings. The normalized spacial score (nSPS) is 14.1. The van der Waals surface area contributed by atoms with Crippen molar-refractivity contribution >= 4 is 34.1 Å². The highest BCUT2D eigenvalue weighted by atomic mass is 35.5.